The predicted molar refractivity (Wildman–Crippen MR) is 178 cm³/mol. The van der Waals surface area contributed by atoms with Crippen molar-refractivity contribution in [1.82, 2.24) is 19.3 Å². The first-order chi connectivity index (χ1) is 21.4. The van der Waals surface area contributed by atoms with E-state index in [9.17, 15) is 0 Å². The molecule has 0 aliphatic carbocycles. The number of hydrogen-bond donors (Lipinski definition) is 0. The van der Waals surface area contributed by atoms with Crippen LogP contribution in [-0.2, 0) is 0 Å². The summed E-state index contributed by atoms with van der Waals surface area (Å²) < 4.78 is 16.2. The van der Waals surface area contributed by atoms with Gasteiger partial charge in [-0.3, -0.25) is 4.57 Å². The molecule has 218 valence electrons. The van der Waals surface area contributed by atoms with Gasteiger partial charge in [0.2, 0.25) is 0 Å². The molecular weight excluding hydrogens is 544 g/mol. The lowest BCUT2D eigenvalue weighted by atomic mass is 10.0. The number of aryl methyl sites for hydroxylation is 1. The lowest BCUT2D eigenvalue weighted by Crippen LogP contribution is -2.00. The molecule has 6 nitrogen and oxygen atoms in total. The van der Waals surface area contributed by atoms with Gasteiger partial charge in [-0.05, 0) is 73.4 Å². The summed E-state index contributed by atoms with van der Waals surface area (Å²) in [6, 6.07) is 35.3. The number of benzene rings is 4. The molecule has 0 spiro atoms. The van der Waals surface area contributed by atoms with Crippen molar-refractivity contribution in [3.8, 4) is 39.9 Å². The van der Waals surface area contributed by atoms with Gasteiger partial charge in [-0.1, -0.05) is 56.3 Å². The highest BCUT2D eigenvalue weighted by atomic mass is 16.5. The van der Waals surface area contributed by atoms with Crippen LogP contribution in [0.5, 0.6) is 17.2 Å². The van der Waals surface area contributed by atoms with E-state index in [2.05, 4.69) is 92.9 Å². The molecule has 0 saturated heterocycles. The maximum atomic E-state index is 6.50. The molecule has 0 bridgehead atoms. The standard InChI is InChI=1S/C38H34N4O2/c1-24(2)28-14-17-35-34(20-28)33-16-15-32(22-36(33)41(35)37-23-30(43-5)18-19-39-37)44-31-13-9-12-29(21-31)42-26(4)38(25(3)40-42)27-10-7-6-8-11-27/h6-24H,1-5H3. The molecule has 7 aromatic rings. The Bertz CT molecular complexity index is 2140. The molecule has 3 aromatic heterocycles. The van der Waals surface area contributed by atoms with E-state index in [1.807, 2.05) is 47.1 Å². The van der Waals surface area contributed by atoms with E-state index in [1.165, 1.54) is 10.9 Å². The van der Waals surface area contributed by atoms with Gasteiger partial charge in [0.05, 0.1) is 29.5 Å². The zero-order valence-electron chi connectivity index (χ0n) is 25.6. The summed E-state index contributed by atoms with van der Waals surface area (Å²) in [6.45, 7) is 8.61. The van der Waals surface area contributed by atoms with E-state index in [1.54, 1.807) is 13.3 Å². The predicted octanol–water partition coefficient (Wildman–Crippen LogP) is 9.57. The fourth-order valence-electron chi connectivity index (χ4n) is 6.07. The molecule has 7 rings (SSSR count). The van der Waals surface area contributed by atoms with E-state index in [-0.39, 0.29) is 0 Å². The lowest BCUT2D eigenvalue weighted by Gasteiger charge is -2.11. The van der Waals surface area contributed by atoms with Crippen LogP contribution in [0.3, 0.4) is 0 Å². The highest BCUT2D eigenvalue weighted by molar-refractivity contribution is 6.09. The highest BCUT2D eigenvalue weighted by Gasteiger charge is 2.17. The first-order valence-corrected chi connectivity index (χ1v) is 14.9. The maximum Gasteiger partial charge on any atom is 0.141 e. The second-order valence-corrected chi connectivity index (χ2v) is 11.4. The van der Waals surface area contributed by atoms with Gasteiger partial charge in [0.15, 0.2) is 0 Å². The molecule has 0 amide bonds. The van der Waals surface area contributed by atoms with Crippen molar-refractivity contribution in [2.75, 3.05) is 7.11 Å². The fraction of sp³-hybridized carbons (Fsp3) is 0.158. The Morgan fingerprint density at radius 2 is 1.52 bits per heavy atom. The third-order valence-corrected chi connectivity index (χ3v) is 8.26. The average molecular weight is 579 g/mol. The number of hydrogen-bond acceptors (Lipinski definition) is 4. The van der Waals surface area contributed by atoms with Crippen LogP contribution in [0, 0.1) is 13.8 Å². The van der Waals surface area contributed by atoms with Crippen molar-refractivity contribution in [3.63, 3.8) is 0 Å². The number of ether oxygens (including phenoxy) is 2. The number of fused-ring (bicyclic) bond motifs is 3. The summed E-state index contributed by atoms with van der Waals surface area (Å²) in [4.78, 5) is 4.72. The molecule has 44 heavy (non-hydrogen) atoms. The monoisotopic (exact) mass is 578 g/mol. The SMILES string of the molecule is COc1ccnc(-n2c3ccc(C(C)C)cc3c3ccc(Oc4cccc(-n5nc(C)c(-c6ccccc6)c5C)c4)cc32)c1. The summed E-state index contributed by atoms with van der Waals surface area (Å²) in [5.41, 5.74) is 8.74. The van der Waals surface area contributed by atoms with Crippen molar-refractivity contribution in [1.29, 1.82) is 0 Å². The normalized spacial score (nSPS) is 11.5. The van der Waals surface area contributed by atoms with Gasteiger partial charge in [0.25, 0.3) is 0 Å². The van der Waals surface area contributed by atoms with Gasteiger partial charge in [0.1, 0.15) is 23.1 Å². The third kappa shape index (κ3) is 4.78. The largest absolute Gasteiger partial charge is 0.497 e. The van der Waals surface area contributed by atoms with Crippen molar-refractivity contribution in [3.05, 3.63) is 126 Å². The molecule has 0 N–H and O–H groups in total. The quantitative estimate of drug-likeness (QED) is 0.189. The molecular formula is C38H34N4O2. The van der Waals surface area contributed by atoms with Crippen molar-refractivity contribution in [2.24, 2.45) is 0 Å². The first-order valence-electron chi connectivity index (χ1n) is 14.9. The van der Waals surface area contributed by atoms with Gasteiger partial charge in [0, 0.05) is 46.4 Å². The molecule has 4 aromatic carbocycles. The Morgan fingerprint density at radius 1 is 0.705 bits per heavy atom. The summed E-state index contributed by atoms with van der Waals surface area (Å²) in [5, 5.41) is 7.22. The molecule has 0 fully saturated rings. The van der Waals surface area contributed by atoms with Crippen molar-refractivity contribution >= 4 is 21.8 Å². The van der Waals surface area contributed by atoms with E-state index >= 15 is 0 Å². The smallest absolute Gasteiger partial charge is 0.141 e. The van der Waals surface area contributed by atoms with E-state index < -0.39 is 0 Å². The van der Waals surface area contributed by atoms with Gasteiger partial charge < -0.3 is 9.47 Å². The maximum absolute atomic E-state index is 6.50. The first kappa shape index (κ1) is 27.5. The second kappa shape index (κ2) is 11.0. The Morgan fingerprint density at radius 3 is 2.32 bits per heavy atom. The highest BCUT2D eigenvalue weighted by Crippen LogP contribution is 2.37. The number of aromatic nitrogens is 4. The van der Waals surface area contributed by atoms with Crippen molar-refractivity contribution in [2.45, 2.75) is 33.6 Å². The lowest BCUT2D eigenvalue weighted by molar-refractivity contribution is 0.414. The topological polar surface area (TPSA) is 54.1 Å². The third-order valence-electron chi connectivity index (χ3n) is 8.26. The average Bonchev–Trinajstić information content (AvgIpc) is 3.53. The number of methoxy groups -OCH3 is 1. The van der Waals surface area contributed by atoms with Crippen LogP contribution in [0.2, 0.25) is 0 Å². The Labute approximate surface area is 257 Å². The number of pyridine rings is 1. The molecule has 0 saturated carbocycles. The summed E-state index contributed by atoms with van der Waals surface area (Å²) in [5.74, 6) is 3.45. The Kier molecular flexibility index (Phi) is 6.90. The fourth-order valence-corrected chi connectivity index (χ4v) is 6.07. The van der Waals surface area contributed by atoms with E-state index in [4.69, 9.17) is 19.6 Å². The minimum atomic E-state index is 0.425. The molecule has 0 radical (unpaired) electrons. The van der Waals surface area contributed by atoms with Gasteiger partial charge >= 0.3 is 0 Å². The van der Waals surface area contributed by atoms with Gasteiger partial charge in [-0.15, -0.1) is 0 Å². The van der Waals surface area contributed by atoms with Crippen LogP contribution in [0.15, 0.2) is 109 Å². The van der Waals surface area contributed by atoms with E-state index in [0.717, 1.165) is 67.7 Å². The number of rotatable bonds is 7. The second-order valence-electron chi connectivity index (χ2n) is 11.4. The molecule has 0 aliphatic rings. The summed E-state index contributed by atoms with van der Waals surface area (Å²) in [7, 11) is 1.68. The van der Waals surface area contributed by atoms with Crippen LogP contribution in [0.4, 0.5) is 0 Å². The number of nitrogens with zero attached hydrogens (tertiary/aromatic N) is 4. The Hall–Kier alpha value is -5.36. The van der Waals surface area contributed by atoms with Gasteiger partial charge in [-0.2, -0.15) is 5.10 Å². The summed E-state index contributed by atoms with van der Waals surface area (Å²) in [6.07, 6.45) is 1.78. The zero-order chi connectivity index (χ0) is 30.4. The van der Waals surface area contributed by atoms with Crippen LogP contribution in [-0.4, -0.2) is 26.4 Å². The zero-order valence-corrected chi connectivity index (χ0v) is 25.6. The molecule has 0 atom stereocenters. The van der Waals surface area contributed by atoms with Crippen LogP contribution in [0.25, 0.3) is 44.4 Å². The molecule has 0 aliphatic heterocycles. The minimum absolute atomic E-state index is 0.425. The molecule has 6 heteroatoms. The molecule has 3 heterocycles. The Balaban J connectivity index is 1.31. The van der Waals surface area contributed by atoms with Crippen LogP contribution >= 0.6 is 0 Å². The van der Waals surface area contributed by atoms with Crippen LogP contribution < -0.4 is 9.47 Å². The molecule has 0 unspecified atom stereocenters. The van der Waals surface area contributed by atoms with Gasteiger partial charge in [-0.25, -0.2) is 9.67 Å². The van der Waals surface area contributed by atoms with Crippen molar-refractivity contribution < 1.29 is 9.47 Å². The summed E-state index contributed by atoms with van der Waals surface area (Å²) >= 11 is 0. The van der Waals surface area contributed by atoms with Crippen LogP contribution in [0.1, 0.15) is 36.7 Å². The van der Waals surface area contributed by atoms with E-state index in [0.29, 0.717) is 5.92 Å². The minimum Gasteiger partial charge on any atom is -0.497 e.